The molecule has 0 fully saturated rings. The molecule has 0 saturated heterocycles. The number of hydrogen-bond acceptors (Lipinski definition) is 5. The van der Waals surface area contributed by atoms with Gasteiger partial charge in [-0.05, 0) is 26.7 Å². The Labute approximate surface area is 132 Å². The van der Waals surface area contributed by atoms with E-state index in [2.05, 4.69) is 5.32 Å². The molecular weight excluding hydrogens is 286 g/mol. The van der Waals surface area contributed by atoms with Crippen molar-refractivity contribution < 1.29 is 23.9 Å². The Hall–Kier alpha value is -1.72. The molecule has 1 N–H and O–H groups in total. The number of amides is 1. The van der Waals surface area contributed by atoms with Gasteiger partial charge in [0, 0.05) is 18.8 Å². The first-order valence-electron chi connectivity index (χ1n) is 7.53. The Morgan fingerprint density at radius 2 is 1.59 bits per heavy atom. The summed E-state index contributed by atoms with van der Waals surface area (Å²) >= 11 is 0. The van der Waals surface area contributed by atoms with Crippen LogP contribution in [-0.4, -0.2) is 35.6 Å². The summed E-state index contributed by atoms with van der Waals surface area (Å²) in [7, 11) is 0. The molecule has 0 spiro atoms. The molecule has 0 saturated carbocycles. The number of nitrogens with one attached hydrogen (secondary N) is 1. The summed E-state index contributed by atoms with van der Waals surface area (Å²) in [5, 5.41) is 2.47. The molecule has 6 heteroatoms. The third-order valence-electron chi connectivity index (χ3n) is 3.01. The first-order chi connectivity index (χ1) is 9.97. The fourth-order valence-corrected chi connectivity index (χ4v) is 1.81. The standard InChI is InChI=1S/C16H27NO5/c1-7-12(18)13(19)8-11(10(2)3)15(21)17-9-14(20)22-16(4,5)6/h10-11H,7-9H2,1-6H3,(H,17,21)/t11-/m0/s1. The van der Waals surface area contributed by atoms with Crippen LogP contribution >= 0.6 is 0 Å². The summed E-state index contributed by atoms with van der Waals surface area (Å²) in [4.78, 5) is 46.8. The Morgan fingerprint density at radius 1 is 1.05 bits per heavy atom. The maximum atomic E-state index is 12.1. The molecule has 0 aliphatic carbocycles. The third-order valence-corrected chi connectivity index (χ3v) is 3.01. The Morgan fingerprint density at radius 3 is 2.00 bits per heavy atom. The summed E-state index contributed by atoms with van der Waals surface area (Å²) in [5.41, 5.74) is -0.622. The van der Waals surface area contributed by atoms with Gasteiger partial charge in [-0.15, -0.1) is 0 Å². The molecule has 6 nitrogen and oxygen atoms in total. The molecular formula is C16H27NO5. The number of Topliss-reactive ketones (excluding diaryl/α,β-unsaturated/α-hetero) is 2. The Bertz CT molecular complexity index is 434. The van der Waals surface area contributed by atoms with Crippen molar-refractivity contribution >= 4 is 23.4 Å². The number of carbonyl (C=O) groups is 4. The second-order valence-electron chi connectivity index (χ2n) is 6.56. The van der Waals surface area contributed by atoms with E-state index in [1.54, 1.807) is 41.5 Å². The molecule has 0 aromatic heterocycles. The molecule has 0 unspecified atom stereocenters. The molecule has 126 valence electrons. The normalized spacial score (nSPS) is 12.7. The number of esters is 1. The number of rotatable bonds is 8. The van der Waals surface area contributed by atoms with E-state index in [0.29, 0.717) is 0 Å². The van der Waals surface area contributed by atoms with Gasteiger partial charge in [0.1, 0.15) is 12.1 Å². The number of ether oxygens (including phenoxy) is 1. The average molecular weight is 313 g/mol. The largest absolute Gasteiger partial charge is 0.459 e. The van der Waals surface area contributed by atoms with Crippen LogP contribution in [0, 0.1) is 11.8 Å². The van der Waals surface area contributed by atoms with Gasteiger partial charge in [0.2, 0.25) is 5.91 Å². The van der Waals surface area contributed by atoms with Crippen molar-refractivity contribution in [3.63, 3.8) is 0 Å². The molecule has 0 aromatic rings. The number of hydrogen-bond donors (Lipinski definition) is 1. The second-order valence-corrected chi connectivity index (χ2v) is 6.56. The lowest BCUT2D eigenvalue weighted by Gasteiger charge is -2.21. The van der Waals surface area contributed by atoms with Crippen molar-refractivity contribution in [3.8, 4) is 0 Å². The van der Waals surface area contributed by atoms with E-state index >= 15 is 0 Å². The van der Waals surface area contributed by atoms with Crippen molar-refractivity contribution in [1.82, 2.24) is 5.32 Å². The molecule has 0 aliphatic heterocycles. The van der Waals surface area contributed by atoms with Gasteiger partial charge in [-0.25, -0.2) is 0 Å². The Balaban J connectivity index is 4.59. The summed E-state index contributed by atoms with van der Waals surface area (Å²) < 4.78 is 5.09. The fraction of sp³-hybridized carbons (Fsp3) is 0.750. The van der Waals surface area contributed by atoms with Gasteiger partial charge in [0.25, 0.3) is 0 Å². The summed E-state index contributed by atoms with van der Waals surface area (Å²) in [6.45, 7) is 10.1. The SMILES string of the molecule is CCC(=O)C(=O)C[C@H](C(=O)NCC(=O)OC(C)(C)C)C(C)C. The van der Waals surface area contributed by atoms with Crippen LogP contribution in [0.5, 0.6) is 0 Å². The van der Waals surface area contributed by atoms with Gasteiger partial charge < -0.3 is 10.1 Å². The predicted molar refractivity (Wildman–Crippen MR) is 82.1 cm³/mol. The van der Waals surface area contributed by atoms with Gasteiger partial charge >= 0.3 is 5.97 Å². The van der Waals surface area contributed by atoms with Crippen LogP contribution in [0.2, 0.25) is 0 Å². The van der Waals surface area contributed by atoms with Crippen LogP contribution in [0.3, 0.4) is 0 Å². The van der Waals surface area contributed by atoms with Crippen LogP contribution in [0.1, 0.15) is 54.4 Å². The highest BCUT2D eigenvalue weighted by molar-refractivity contribution is 6.37. The van der Waals surface area contributed by atoms with Crippen LogP contribution < -0.4 is 5.32 Å². The van der Waals surface area contributed by atoms with E-state index < -0.39 is 35.0 Å². The monoisotopic (exact) mass is 313 g/mol. The van der Waals surface area contributed by atoms with Crippen LogP contribution in [0.4, 0.5) is 0 Å². The first-order valence-corrected chi connectivity index (χ1v) is 7.53. The van der Waals surface area contributed by atoms with Gasteiger partial charge in [-0.1, -0.05) is 20.8 Å². The van der Waals surface area contributed by atoms with E-state index in [4.69, 9.17) is 4.74 Å². The van der Waals surface area contributed by atoms with Crippen molar-refractivity contribution in [2.75, 3.05) is 6.54 Å². The quantitative estimate of drug-likeness (QED) is 0.543. The smallest absolute Gasteiger partial charge is 0.325 e. The predicted octanol–water partition coefficient (Wildman–Crippen LogP) is 1.65. The van der Waals surface area contributed by atoms with E-state index in [9.17, 15) is 19.2 Å². The highest BCUT2D eigenvalue weighted by Gasteiger charge is 2.28. The fourth-order valence-electron chi connectivity index (χ4n) is 1.81. The van der Waals surface area contributed by atoms with Crippen molar-refractivity contribution in [2.24, 2.45) is 11.8 Å². The van der Waals surface area contributed by atoms with E-state index in [1.165, 1.54) is 0 Å². The lowest BCUT2D eigenvalue weighted by Crippen LogP contribution is -2.40. The van der Waals surface area contributed by atoms with Gasteiger partial charge in [-0.2, -0.15) is 0 Å². The lowest BCUT2D eigenvalue weighted by molar-refractivity contribution is -0.154. The van der Waals surface area contributed by atoms with Gasteiger partial charge in [-0.3, -0.25) is 19.2 Å². The third kappa shape index (κ3) is 7.90. The first kappa shape index (κ1) is 20.3. The van der Waals surface area contributed by atoms with Crippen LogP contribution in [0.15, 0.2) is 0 Å². The van der Waals surface area contributed by atoms with Crippen LogP contribution in [-0.2, 0) is 23.9 Å². The van der Waals surface area contributed by atoms with Gasteiger partial charge in [0.05, 0.1) is 0 Å². The van der Waals surface area contributed by atoms with Crippen molar-refractivity contribution in [1.29, 1.82) is 0 Å². The zero-order valence-electron chi connectivity index (χ0n) is 14.3. The van der Waals surface area contributed by atoms with Crippen molar-refractivity contribution in [3.05, 3.63) is 0 Å². The molecule has 22 heavy (non-hydrogen) atoms. The maximum Gasteiger partial charge on any atom is 0.325 e. The Kier molecular flexibility index (Phi) is 7.98. The molecule has 0 bridgehead atoms. The lowest BCUT2D eigenvalue weighted by atomic mass is 9.88. The zero-order chi connectivity index (χ0) is 17.5. The molecule has 0 aliphatic rings. The molecule has 1 atom stereocenters. The molecule has 1 amide bonds. The topological polar surface area (TPSA) is 89.5 Å². The molecule has 0 aromatic carbocycles. The zero-order valence-corrected chi connectivity index (χ0v) is 14.3. The number of carbonyl (C=O) groups excluding carboxylic acids is 4. The maximum absolute atomic E-state index is 12.1. The molecule has 0 heterocycles. The minimum Gasteiger partial charge on any atom is -0.459 e. The van der Waals surface area contributed by atoms with E-state index in [0.717, 1.165) is 0 Å². The number of ketones is 2. The molecule has 0 rings (SSSR count). The highest BCUT2D eigenvalue weighted by atomic mass is 16.6. The average Bonchev–Trinajstić information content (AvgIpc) is 2.38. The van der Waals surface area contributed by atoms with E-state index in [1.807, 2.05) is 0 Å². The minimum absolute atomic E-state index is 0.118. The summed E-state index contributed by atoms with van der Waals surface area (Å²) in [5.74, 6) is -2.74. The highest BCUT2D eigenvalue weighted by Crippen LogP contribution is 2.16. The van der Waals surface area contributed by atoms with Crippen LogP contribution in [0.25, 0.3) is 0 Å². The second kappa shape index (κ2) is 8.66. The van der Waals surface area contributed by atoms with Crippen molar-refractivity contribution in [2.45, 2.75) is 60.0 Å². The molecule has 0 radical (unpaired) electrons. The summed E-state index contributed by atoms with van der Waals surface area (Å²) in [6, 6.07) is 0. The minimum atomic E-state index is -0.634. The summed E-state index contributed by atoms with van der Waals surface area (Å²) in [6.07, 6.45) is -0.00628. The van der Waals surface area contributed by atoms with Gasteiger partial charge in [0.15, 0.2) is 11.6 Å². The van der Waals surface area contributed by atoms with E-state index in [-0.39, 0.29) is 25.3 Å².